The highest BCUT2D eigenvalue weighted by Gasteiger charge is 2.42. The van der Waals surface area contributed by atoms with Crippen molar-refractivity contribution in [1.29, 1.82) is 0 Å². The molecule has 5 N–H and O–H groups in total. The molecular weight excluding hydrogens is 588 g/mol. The quantitative estimate of drug-likeness (QED) is 0.162. The number of carboxylic acid groups (broad SMARTS) is 2. The van der Waals surface area contributed by atoms with Crippen molar-refractivity contribution in [3.63, 3.8) is 0 Å². The Morgan fingerprint density at radius 1 is 1.09 bits per heavy atom. The zero-order valence-electron chi connectivity index (χ0n) is 25.3. The molecule has 3 rings (SSSR count). The zero-order valence-corrected chi connectivity index (χ0v) is 25.3. The molecule has 15 heteroatoms. The third-order valence-corrected chi connectivity index (χ3v) is 6.65. The molecule has 2 aromatic heterocycles. The number of nitrogens with zero attached hydrogens (tertiary/aromatic N) is 4. The molecule has 0 aliphatic rings. The summed E-state index contributed by atoms with van der Waals surface area (Å²) < 4.78 is 5.47. The molecular formula is C30H36N6O9. The van der Waals surface area contributed by atoms with Crippen LogP contribution in [0.2, 0.25) is 0 Å². The summed E-state index contributed by atoms with van der Waals surface area (Å²) in [6.07, 6.45) is 4.60. The first kappa shape index (κ1) is 34.2. The van der Waals surface area contributed by atoms with E-state index in [0.29, 0.717) is 22.3 Å². The SMILES string of the molecule is CCC[C@H](Nc1nc(-c2ccc(NC(=O)N(CC)OC(=O)CC(O)(CC(=O)O)C(=O)O)c(OC)c2)ncc1C)c1cccnc1. The number of aromatic nitrogens is 3. The van der Waals surface area contributed by atoms with Crippen molar-refractivity contribution in [3.8, 4) is 17.1 Å². The number of anilines is 2. The van der Waals surface area contributed by atoms with Crippen molar-refractivity contribution >= 4 is 35.4 Å². The van der Waals surface area contributed by atoms with Gasteiger partial charge in [-0.25, -0.2) is 24.4 Å². The monoisotopic (exact) mass is 624 g/mol. The highest BCUT2D eigenvalue weighted by Crippen LogP contribution is 2.31. The largest absolute Gasteiger partial charge is 0.495 e. The van der Waals surface area contributed by atoms with Crippen LogP contribution >= 0.6 is 0 Å². The fourth-order valence-corrected chi connectivity index (χ4v) is 4.30. The second-order valence-electron chi connectivity index (χ2n) is 10.1. The summed E-state index contributed by atoms with van der Waals surface area (Å²) in [6.45, 7) is 5.32. The van der Waals surface area contributed by atoms with Crippen molar-refractivity contribution in [2.45, 2.75) is 58.1 Å². The van der Waals surface area contributed by atoms with Gasteiger partial charge in [-0.3, -0.25) is 9.78 Å². The van der Waals surface area contributed by atoms with Crippen LogP contribution < -0.4 is 15.4 Å². The number of carbonyl (C=O) groups is 4. The van der Waals surface area contributed by atoms with Crippen molar-refractivity contribution in [1.82, 2.24) is 20.0 Å². The van der Waals surface area contributed by atoms with Gasteiger partial charge in [0.2, 0.25) is 0 Å². The average Bonchev–Trinajstić information content (AvgIpc) is 3.00. The molecule has 2 heterocycles. The predicted octanol–water partition coefficient (Wildman–Crippen LogP) is 3.80. The van der Waals surface area contributed by atoms with E-state index in [1.54, 1.807) is 30.6 Å². The van der Waals surface area contributed by atoms with E-state index in [-0.39, 0.29) is 24.0 Å². The number of pyridine rings is 1. The maximum Gasteiger partial charge on any atom is 0.355 e. The Morgan fingerprint density at radius 3 is 2.44 bits per heavy atom. The highest BCUT2D eigenvalue weighted by atomic mass is 16.7. The van der Waals surface area contributed by atoms with E-state index < -0.39 is 42.4 Å². The van der Waals surface area contributed by atoms with Crippen LogP contribution in [0.5, 0.6) is 5.75 Å². The first-order valence-electron chi connectivity index (χ1n) is 14.1. The number of aliphatic hydroxyl groups is 1. The fourth-order valence-electron chi connectivity index (χ4n) is 4.30. The molecule has 2 amide bonds. The first-order chi connectivity index (χ1) is 21.4. The number of amides is 2. The lowest BCUT2D eigenvalue weighted by Gasteiger charge is -2.24. The Morgan fingerprint density at radius 2 is 1.84 bits per heavy atom. The molecule has 0 spiro atoms. The molecule has 240 valence electrons. The molecule has 3 aromatic rings. The second kappa shape index (κ2) is 15.4. The van der Waals surface area contributed by atoms with Crippen LogP contribution in [0.3, 0.4) is 0 Å². The van der Waals surface area contributed by atoms with Gasteiger partial charge >= 0.3 is 23.9 Å². The van der Waals surface area contributed by atoms with Crippen molar-refractivity contribution in [2.75, 3.05) is 24.3 Å². The molecule has 0 saturated carbocycles. The number of urea groups is 1. The van der Waals surface area contributed by atoms with Gasteiger partial charge in [-0.15, -0.1) is 0 Å². The zero-order chi connectivity index (χ0) is 33.1. The minimum absolute atomic E-state index is 0.0111. The number of rotatable bonds is 14. The van der Waals surface area contributed by atoms with Crippen LogP contribution in [-0.2, 0) is 19.2 Å². The van der Waals surface area contributed by atoms with Crippen LogP contribution in [0.15, 0.2) is 48.9 Å². The maximum atomic E-state index is 12.9. The molecule has 0 saturated heterocycles. The van der Waals surface area contributed by atoms with Gasteiger partial charge in [0, 0.05) is 29.7 Å². The van der Waals surface area contributed by atoms with E-state index in [2.05, 4.69) is 27.5 Å². The van der Waals surface area contributed by atoms with Gasteiger partial charge in [0.05, 0.1) is 38.2 Å². The smallest absolute Gasteiger partial charge is 0.355 e. The third-order valence-electron chi connectivity index (χ3n) is 6.65. The highest BCUT2D eigenvalue weighted by molar-refractivity contribution is 5.92. The van der Waals surface area contributed by atoms with Gasteiger partial charge < -0.3 is 35.5 Å². The molecule has 0 fully saturated rings. The van der Waals surface area contributed by atoms with Gasteiger partial charge in [0.1, 0.15) is 11.6 Å². The lowest BCUT2D eigenvalue weighted by Crippen LogP contribution is -2.45. The minimum atomic E-state index is -2.92. The molecule has 15 nitrogen and oxygen atoms in total. The molecule has 0 aliphatic heterocycles. The molecule has 0 radical (unpaired) electrons. The third kappa shape index (κ3) is 9.09. The van der Waals surface area contributed by atoms with Gasteiger partial charge in [-0.2, -0.15) is 5.06 Å². The second-order valence-corrected chi connectivity index (χ2v) is 10.1. The summed E-state index contributed by atoms with van der Waals surface area (Å²) in [5.41, 5.74) is -0.241. The topological polar surface area (TPSA) is 213 Å². The normalized spacial score (nSPS) is 12.7. The van der Waals surface area contributed by atoms with Gasteiger partial charge in [0.25, 0.3) is 0 Å². The summed E-state index contributed by atoms with van der Waals surface area (Å²) in [7, 11) is 1.40. The number of hydrogen-bond acceptors (Lipinski definition) is 11. The Labute approximate surface area is 259 Å². The number of aliphatic carboxylic acids is 2. The summed E-state index contributed by atoms with van der Waals surface area (Å²) in [5.74, 6) is -3.60. The lowest BCUT2D eigenvalue weighted by atomic mass is 9.96. The average molecular weight is 625 g/mol. The number of carbonyl (C=O) groups excluding carboxylic acids is 2. The summed E-state index contributed by atoms with van der Waals surface area (Å²) in [6, 6.07) is 7.80. The van der Waals surface area contributed by atoms with Crippen LogP contribution in [-0.4, -0.2) is 78.5 Å². The number of benzene rings is 1. The summed E-state index contributed by atoms with van der Waals surface area (Å²) in [4.78, 5) is 65.9. The van der Waals surface area contributed by atoms with Gasteiger partial charge in [0.15, 0.2) is 11.4 Å². The van der Waals surface area contributed by atoms with Crippen LogP contribution in [0.1, 0.15) is 56.7 Å². The molecule has 45 heavy (non-hydrogen) atoms. The number of methoxy groups -OCH3 is 1. The van der Waals surface area contributed by atoms with Gasteiger partial charge in [-0.05, 0) is 50.1 Å². The van der Waals surface area contributed by atoms with Crippen LogP contribution in [0.4, 0.5) is 16.3 Å². The maximum absolute atomic E-state index is 12.9. The number of carboxylic acids is 2. The Balaban J connectivity index is 1.77. The predicted molar refractivity (Wildman–Crippen MR) is 161 cm³/mol. The number of ether oxygens (including phenoxy) is 1. The van der Waals surface area contributed by atoms with Crippen LogP contribution in [0.25, 0.3) is 11.4 Å². The standard InChI is InChI=1S/C30H36N6O9/c1-5-8-21(20-9-7-12-31-17-20)33-26-18(3)16-32-27(35-26)19-10-11-22(23(13-19)44-4)34-29(42)36(6-2)45-25(39)15-30(43,28(40)41)14-24(37)38/h7,9-13,16-17,21,43H,5-6,8,14-15H2,1-4H3,(H,34,42)(H,37,38)(H,40,41)(H,32,33,35)/t21-,30?/m0/s1. The fraction of sp³-hybridized carbons (Fsp3) is 0.367. The summed E-state index contributed by atoms with van der Waals surface area (Å²) >= 11 is 0. The molecule has 1 unspecified atom stereocenters. The molecule has 2 atom stereocenters. The van der Waals surface area contributed by atoms with E-state index in [1.165, 1.54) is 14.0 Å². The Bertz CT molecular complexity index is 1520. The summed E-state index contributed by atoms with van der Waals surface area (Å²) in [5, 5.41) is 34.8. The van der Waals surface area contributed by atoms with Gasteiger partial charge in [-0.1, -0.05) is 19.4 Å². The molecule has 1 aromatic carbocycles. The number of hydroxylamine groups is 2. The van der Waals surface area contributed by atoms with Crippen molar-refractivity contribution in [3.05, 3.63) is 60.0 Å². The first-order valence-corrected chi connectivity index (χ1v) is 14.1. The van der Waals surface area contributed by atoms with Crippen molar-refractivity contribution in [2.24, 2.45) is 0 Å². The molecule has 0 aliphatic carbocycles. The van der Waals surface area contributed by atoms with Crippen LogP contribution in [0, 0.1) is 6.92 Å². The lowest BCUT2D eigenvalue weighted by molar-refractivity contribution is -0.187. The number of hydrogen-bond donors (Lipinski definition) is 5. The number of aryl methyl sites for hydroxylation is 1. The van der Waals surface area contributed by atoms with E-state index in [0.717, 1.165) is 24.0 Å². The van der Waals surface area contributed by atoms with E-state index >= 15 is 0 Å². The van der Waals surface area contributed by atoms with E-state index in [4.69, 9.17) is 19.7 Å². The molecule has 0 bridgehead atoms. The van der Waals surface area contributed by atoms with E-state index in [9.17, 15) is 29.4 Å². The van der Waals surface area contributed by atoms with Crippen molar-refractivity contribution < 1.29 is 44.1 Å². The Kier molecular flexibility index (Phi) is 11.7. The minimum Gasteiger partial charge on any atom is -0.495 e. The van der Waals surface area contributed by atoms with E-state index in [1.807, 2.05) is 25.3 Å². The Hall–Kier alpha value is -5.31. The number of nitrogens with one attached hydrogen (secondary N) is 2.